The van der Waals surface area contributed by atoms with Crippen molar-refractivity contribution < 1.29 is 23.4 Å². The van der Waals surface area contributed by atoms with Gasteiger partial charge in [0, 0.05) is 10.9 Å². The summed E-state index contributed by atoms with van der Waals surface area (Å²) in [4.78, 5) is 16.5. The third-order valence-corrected chi connectivity index (χ3v) is 5.22. The Balaban J connectivity index is 1.38. The summed E-state index contributed by atoms with van der Waals surface area (Å²) < 4.78 is 30.0. The van der Waals surface area contributed by atoms with E-state index in [1.165, 1.54) is 29.5 Å². The Labute approximate surface area is 172 Å². The second-order valence-electron chi connectivity index (χ2n) is 5.81. The summed E-state index contributed by atoms with van der Waals surface area (Å²) in [7, 11) is 0. The van der Waals surface area contributed by atoms with Gasteiger partial charge in [-0.2, -0.15) is 0 Å². The average molecular weight is 465 g/mol. The molecular weight excluding hydrogens is 451 g/mol. The van der Waals surface area contributed by atoms with Crippen LogP contribution < -0.4 is 19.5 Å². The van der Waals surface area contributed by atoms with E-state index < -0.39 is 5.82 Å². The SMILES string of the molecule is O=C(COc1ccc(F)cc1Br)Nc1nc(-c2ccc3c(c2)OCCO3)cs1. The second kappa shape index (κ2) is 8.15. The predicted molar refractivity (Wildman–Crippen MR) is 107 cm³/mol. The molecule has 28 heavy (non-hydrogen) atoms. The van der Waals surface area contributed by atoms with Crippen molar-refractivity contribution >= 4 is 38.3 Å². The summed E-state index contributed by atoms with van der Waals surface area (Å²) in [6.07, 6.45) is 0. The molecule has 2 heterocycles. The Kier molecular flexibility index (Phi) is 5.45. The molecule has 4 rings (SSSR count). The normalized spacial score (nSPS) is 12.5. The number of amides is 1. The van der Waals surface area contributed by atoms with Crippen LogP contribution in [0, 0.1) is 5.82 Å². The lowest BCUT2D eigenvalue weighted by Crippen LogP contribution is -2.20. The fourth-order valence-corrected chi connectivity index (χ4v) is 3.76. The van der Waals surface area contributed by atoms with E-state index in [0.29, 0.717) is 40.1 Å². The van der Waals surface area contributed by atoms with E-state index in [0.717, 1.165) is 11.3 Å². The van der Waals surface area contributed by atoms with Crippen LogP contribution in [-0.2, 0) is 4.79 Å². The molecular formula is C19H14BrFN2O4S. The Morgan fingerprint density at radius 3 is 2.86 bits per heavy atom. The van der Waals surface area contributed by atoms with Crippen LogP contribution in [0.1, 0.15) is 0 Å². The van der Waals surface area contributed by atoms with E-state index in [-0.39, 0.29) is 12.5 Å². The van der Waals surface area contributed by atoms with Crippen molar-refractivity contribution in [2.45, 2.75) is 0 Å². The van der Waals surface area contributed by atoms with Crippen molar-refractivity contribution in [2.75, 3.05) is 25.1 Å². The van der Waals surface area contributed by atoms with Crippen LogP contribution in [0.4, 0.5) is 9.52 Å². The minimum Gasteiger partial charge on any atom is -0.486 e. The minimum atomic E-state index is -0.391. The predicted octanol–water partition coefficient (Wildman–Crippen LogP) is 4.50. The number of nitrogens with zero attached hydrogens (tertiary/aromatic N) is 1. The third kappa shape index (κ3) is 4.26. The van der Waals surface area contributed by atoms with Gasteiger partial charge in [0.1, 0.15) is 24.8 Å². The highest BCUT2D eigenvalue weighted by Gasteiger charge is 2.15. The summed E-state index contributed by atoms with van der Waals surface area (Å²) in [5, 5.41) is 4.99. The van der Waals surface area contributed by atoms with E-state index in [1.807, 2.05) is 23.6 Å². The monoisotopic (exact) mass is 464 g/mol. The number of halogens is 2. The van der Waals surface area contributed by atoms with E-state index in [9.17, 15) is 9.18 Å². The molecule has 1 N–H and O–H groups in total. The van der Waals surface area contributed by atoms with Crippen molar-refractivity contribution in [1.82, 2.24) is 4.98 Å². The first-order valence-electron chi connectivity index (χ1n) is 8.32. The maximum atomic E-state index is 13.1. The van der Waals surface area contributed by atoms with Gasteiger partial charge in [0.05, 0.1) is 10.2 Å². The first-order valence-corrected chi connectivity index (χ1v) is 9.99. The molecule has 2 aromatic carbocycles. The van der Waals surface area contributed by atoms with Gasteiger partial charge in [0.15, 0.2) is 23.2 Å². The maximum Gasteiger partial charge on any atom is 0.264 e. The third-order valence-electron chi connectivity index (χ3n) is 3.84. The van der Waals surface area contributed by atoms with Gasteiger partial charge in [-0.1, -0.05) is 0 Å². The standard InChI is InChI=1S/C19H14BrFN2O4S/c20-13-8-12(21)2-4-15(13)27-9-18(24)23-19-22-14(10-28-19)11-1-3-16-17(7-11)26-6-5-25-16/h1-4,7-8,10H,5-6,9H2,(H,22,23,24). The van der Waals surface area contributed by atoms with Crippen LogP contribution in [0.2, 0.25) is 0 Å². The quantitative estimate of drug-likeness (QED) is 0.601. The van der Waals surface area contributed by atoms with Crippen LogP contribution in [0.5, 0.6) is 17.2 Å². The number of anilines is 1. The molecule has 0 saturated heterocycles. The first kappa shape index (κ1) is 18.7. The smallest absolute Gasteiger partial charge is 0.264 e. The molecule has 1 aliphatic heterocycles. The molecule has 6 nitrogen and oxygen atoms in total. The molecule has 0 unspecified atom stereocenters. The number of benzene rings is 2. The number of carbonyl (C=O) groups excluding carboxylic acids is 1. The summed E-state index contributed by atoms with van der Waals surface area (Å²) >= 11 is 4.50. The zero-order valence-electron chi connectivity index (χ0n) is 14.4. The Morgan fingerprint density at radius 2 is 2.04 bits per heavy atom. The van der Waals surface area contributed by atoms with Gasteiger partial charge < -0.3 is 14.2 Å². The molecule has 0 atom stereocenters. The van der Waals surface area contributed by atoms with E-state index in [4.69, 9.17) is 14.2 Å². The van der Waals surface area contributed by atoms with E-state index >= 15 is 0 Å². The number of fused-ring (bicyclic) bond motifs is 1. The number of hydrogen-bond donors (Lipinski definition) is 1. The molecule has 0 bridgehead atoms. The van der Waals surface area contributed by atoms with Gasteiger partial charge in [0.2, 0.25) is 0 Å². The number of carbonyl (C=O) groups is 1. The summed E-state index contributed by atoms with van der Waals surface area (Å²) in [5.41, 5.74) is 1.59. The molecule has 1 aromatic heterocycles. The maximum absolute atomic E-state index is 13.1. The number of hydrogen-bond acceptors (Lipinski definition) is 6. The zero-order valence-corrected chi connectivity index (χ0v) is 16.8. The van der Waals surface area contributed by atoms with E-state index in [1.54, 1.807) is 0 Å². The largest absolute Gasteiger partial charge is 0.486 e. The lowest BCUT2D eigenvalue weighted by Gasteiger charge is -2.18. The molecule has 0 saturated carbocycles. The topological polar surface area (TPSA) is 69.7 Å². The van der Waals surface area contributed by atoms with Crippen LogP contribution in [0.15, 0.2) is 46.3 Å². The van der Waals surface area contributed by atoms with Gasteiger partial charge in [-0.05, 0) is 52.3 Å². The number of rotatable bonds is 5. The molecule has 0 fully saturated rings. The van der Waals surface area contributed by atoms with Crippen LogP contribution in [-0.4, -0.2) is 30.7 Å². The molecule has 9 heteroatoms. The van der Waals surface area contributed by atoms with E-state index in [2.05, 4.69) is 26.2 Å². The van der Waals surface area contributed by atoms with Crippen molar-refractivity contribution in [1.29, 1.82) is 0 Å². The minimum absolute atomic E-state index is 0.219. The Hall–Kier alpha value is -2.65. The Bertz CT molecular complexity index is 1030. The number of aromatic nitrogens is 1. The van der Waals surface area contributed by atoms with Crippen LogP contribution in [0.3, 0.4) is 0 Å². The molecule has 0 radical (unpaired) electrons. The molecule has 3 aromatic rings. The molecule has 0 aliphatic carbocycles. The summed E-state index contributed by atoms with van der Waals surface area (Å²) in [5.74, 6) is 1.02. The molecule has 144 valence electrons. The highest BCUT2D eigenvalue weighted by molar-refractivity contribution is 9.10. The van der Waals surface area contributed by atoms with Gasteiger partial charge in [-0.3, -0.25) is 10.1 Å². The number of ether oxygens (including phenoxy) is 3. The van der Waals surface area contributed by atoms with Crippen molar-refractivity contribution in [3.63, 3.8) is 0 Å². The number of thiazole rings is 1. The van der Waals surface area contributed by atoms with Gasteiger partial charge in [0.25, 0.3) is 5.91 Å². The molecule has 1 amide bonds. The number of nitrogens with one attached hydrogen (secondary N) is 1. The van der Waals surface area contributed by atoms with Gasteiger partial charge >= 0.3 is 0 Å². The lowest BCUT2D eigenvalue weighted by molar-refractivity contribution is -0.118. The van der Waals surface area contributed by atoms with Crippen LogP contribution >= 0.6 is 27.3 Å². The average Bonchev–Trinajstić information content (AvgIpc) is 3.15. The summed E-state index contributed by atoms with van der Waals surface area (Å²) in [6.45, 7) is 0.831. The Morgan fingerprint density at radius 1 is 1.21 bits per heavy atom. The van der Waals surface area contributed by atoms with Crippen molar-refractivity contribution in [3.05, 3.63) is 52.1 Å². The highest BCUT2D eigenvalue weighted by atomic mass is 79.9. The zero-order chi connectivity index (χ0) is 19.5. The van der Waals surface area contributed by atoms with Crippen LogP contribution in [0.25, 0.3) is 11.3 Å². The van der Waals surface area contributed by atoms with Crippen molar-refractivity contribution in [2.24, 2.45) is 0 Å². The van der Waals surface area contributed by atoms with Gasteiger partial charge in [-0.15, -0.1) is 11.3 Å². The summed E-state index contributed by atoms with van der Waals surface area (Å²) in [6, 6.07) is 9.59. The highest BCUT2D eigenvalue weighted by Crippen LogP contribution is 2.35. The van der Waals surface area contributed by atoms with Crippen molar-refractivity contribution in [3.8, 4) is 28.5 Å². The molecule has 1 aliphatic rings. The fraction of sp³-hybridized carbons (Fsp3) is 0.158. The fourth-order valence-electron chi connectivity index (χ4n) is 2.56. The first-order chi connectivity index (χ1) is 13.6. The molecule has 0 spiro atoms. The van der Waals surface area contributed by atoms with Gasteiger partial charge in [-0.25, -0.2) is 9.37 Å². The second-order valence-corrected chi connectivity index (χ2v) is 7.52. The lowest BCUT2D eigenvalue weighted by atomic mass is 10.1.